The highest BCUT2D eigenvalue weighted by atomic mass is 19.1. The van der Waals surface area contributed by atoms with Gasteiger partial charge in [-0.2, -0.15) is 0 Å². The Balaban J connectivity index is 1.35. The van der Waals surface area contributed by atoms with Crippen molar-refractivity contribution >= 4 is 5.69 Å². The molecule has 4 rings (SSSR count). The second kappa shape index (κ2) is 12.1. The van der Waals surface area contributed by atoms with E-state index in [2.05, 4.69) is 36.2 Å². The molecule has 0 spiro atoms. The van der Waals surface area contributed by atoms with Crippen molar-refractivity contribution in [2.75, 3.05) is 39.7 Å². The maximum atomic E-state index is 14.7. The van der Waals surface area contributed by atoms with E-state index in [4.69, 9.17) is 9.47 Å². The molecule has 38 heavy (non-hydrogen) atoms. The van der Waals surface area contributed by atoms with Gasteiger partial charge in [-0.1, -0.05) is 18.2 Å². The number of methoxy groups -OCH3 is 1. The topological polar surface area (TPSA) is 54.0 Å². The molecule has 0 heterocycles. The first-order valence-corrected chi connectivity index (χ1v) is 13.5. The summed E-state index contributed by atoms with van der Waals surface area (Å²) in [5.41, 5.74) is 5.71. The van der Waals surface area contributed by atoms with Crippen molar-refractivity contribution < 1.29 is 19.0 Å². The molecule has 3 aromatic carbocycles. The number of nitrogens with zero attached hydrogens (tertiary/aromatic N) is 1. The van der Waals surface area contributed by atoms with E-state index in [1.807, 2.05) is 38.4 Å². The molecule has 0 saturated carbocycles. The van der Waals surface area contributed by atoms with Gasteiger partial charge in [-0.05, 0) is 119 Å². The van der Waals surface area contributed by atoms with Gasteiger partial charge in [0.1, 0.15) is 18.1 Å². The van der Waals surface area contributed by atoms with Crippen molar-refractivity contribution in [2.24, 2.45) is 0 Å². The third-order valence-corrected chi connectivity index (χ3v) is 7.86. The number of rotatable bonds is 11. The van der Waals surface area contributed by atoms with Crippen LogP contribution in [0.3, 0.4) is 0 Å². The number of nitrogens with one attached hydrogen (secondary N) is 1. The molecule has 204 valence electrons. The van der Waals surface area contributed by atoms with Crippen LogP contribution in [0.15, 0.2) is 54.6 Å². The van der Waals surface area contributed by atoms with E-state index in [1.165, 1.54) is 16.7 Å². The van der Waals surface area contributed by atoms with Gasteiger partial charge in [-0.15, -0.1) is 0 Å². The Morgan fingerprint density at radius 2 is 1.87 bits per heavy atom. The highest BCUT2D eigenvalue weighted by Gasteiger charge is 2.24. The zero-order valence-corrected chi connectivity index (χ0v) is 23.3. The summed E-state index contributed by atoms with van der Waals surface area (Å²) in [5.74, 6) is 1.55. The molecule has 0 unspecified atom stereocenters. The number of phenolic OH excluding ortho intramolecular Hbond substituents is 1. The summed E-state index contributed by atoms with van der Waals surface area (Å²) in [6.45, 7) is 5.32. The van der Waals surface area contributed by atoms with Crippen molar-refractivity contribution in [1.82, 2.24) is 4.90 Å². The summed E-state index contributed by atoms with van der Waals surface area (Å²) < 4.78 is 26.0. The van der Waals surface area contributed by atoms with Gasteiger partial charge in [0.2, 0.25) is 0 Å². The normalized spacial score (nSPS) is 15.3. The molecule has 1 aliphatic rings. The summed E-state index contributed by atoms with van der Waals surface area (Å²) in [4.78, 5) is 2.07. The summed E-state index contributed by atoms with van der Waals surface area (Å²) in [7, 11) is 5.67. The van der Waals surface area contributed by atoms with Crippen LogP contribution in [0.25, 0.3) is 0 Å². The lowest BCUT2D eigenvalue weighted by Gasteiger charge is -2.32. The lowest BCUT2D eigenvalue weighted by molar-refractivity contribution is 0.111. The van der Waals surface area contributed by atoms with Gasteiger partial charge in [0.25, 0.3) is 0 Å². The molecule has 0 saturated heterocycles. The van der Waals surface area contributed by atoms with Crippen LogP contribution in [-0.2, 0) is 19.3 Å². The van der Waals surface area contributed by atoms with E-state index >= 15 is 0 Å². The number of hydrogen-bond donors (Lipinski definition) is 2. The van der Waals surface area contributed by atoms with Crippen molar-refractivity contribution in [3.05, 3.63) is 82.7 Å². The zero-order valence-electron chi connectivity index (χ0n) is 23.3. The number of benzene rings is 3. The molecule has 0 bridgehead atoms. The Bertz CT molecular complexity index is 1240. The molecule has 5 nitrogen and oxygen atoms in total. The second-order valence-corrected chi connectivity index (χ2v) is 11.1. The van der Waals surface area contributed by atoms with Crippen molar-refractivity contribution in [3.63, 3.8) is 0 Å². The number of ether oxygens (including phenoxy) is 2. The Morgan fingerprint density at radius 3 is 2.61 bits per heavy atom. The Kier molecular flexibility index (Phi) is 8.83. The Labute approximate surface area is 226 Å². The molecule has 2 N–H and O–H groups in total. The largest absolute Gasteiger partial charge is 0.508 e. The summed E-state index contributed by atoms with van der Waals surface area (Å²) >= 11 is 0. The van der Waals surface area contributed by atoms with Crippen LogP contribution < -0.4 is 14.8 Å². The molecule has 1 atom stereocenters. The van der Waals surface area contributed by atoms with E-state index in [1.54, 1.807) is 25.3 Å². The van der Waals surface area contributed by atoms with Gasteiger partial charge in [0, 0.05) is 23.8 Å². The highest BCUT2D eigenvalue weighted by Crippen LogP contribution is 2.38. The molecule has 3 aromatic rings. The van der Waals surface area contributed by atoms with E-state index in [0.717, 1.165) is 55.6 Å². The average molecular weight is 521 g/mol. The molecule has 0 aliphatic heterocycles. The second-order valence-electron chi connectivity index (χ2n) is 11.1. The minimum atomic E-state index is -0.314. The lowest BCUT2D eigenvalue weighted by atomic mass is 9.79. The molecule has 0 radical (unpaired) electrons. The van der Waals surface area contributed by atoms with Crippen LogP contribution in [-0.4, -0.2) is 49.9 Å². The number of phenols is 1. The number of halogens is 1. The zero-order chi connectivity index (χ0) is 27.3. The van der Waals surface area contributed by atoms with Crippen LogP contribution in [0.4, 0.5) is 10.1 Å². The predicted molar refractivity (Wildman–Crippen MR) is 152 cm³/mol. The number of anilines is 1. The molecular weight excluding hydrogens is 479 g/mol. The van der Waals surface area contributed by atoms with Crippen LogP contribution in [0.1, 0.15) is 54.9 Å². The van der Waals surface area contributed by atoms with Gasteiger partial charge in [0.05, 0.1) is 7.11 Å². The van der Waals surface area contributed by atoms with Crippen molar-refractivity contribution in [1.29, 1.82) is 0 Å². The molecule has 0 aromatic heterocycles. The molecule has 0 fully saturated rings. The summed E-state index contributed by atoms with van der Waals surface area (Å²) in [5, 5.41) is 13.4. The van der Waals surface area contributed by atoms with Gasteiger partial charge >= 0.3 is 0 Å². The van der Waals surface area contributed by atoms with Gasteiger partial charge in [-0.25, -0.2) is 4.39 Å². The Hall–Kier alpha value is -3.25. The Morgan fingerprint density at radius 1 is 1.05 bits per heavy atom. The maximum absolute atomic E-state index is 14.7. The lowest BCUT2D eigenvalue weighted by Crippen LogP contribution is -2.43. The monoisotopic (exact) mass is 520 g/mol. The van der Waals surface area contributed by atoms with Crippen molar-refractivity contribution in [3.8, 4) is 17.2 Å². The molecule has 0 amide bonds. The third kappa shape index (κ3) is 6.79. The smallest absolute Gasteiger partial charge is 0.165 e. The number of aromatic hydroxyl groups is 1. The minimum absolute atomic E-state index is 0.181. The van der Waals surface area contributed by atoms with E-state index < -0.39 is 0 Å². The third-order valence-electron chi connectivity index (χ3n) is 7.86. The first-order valence-electron chi connectivity index (χ1n) is 13.5. The average Bonchev–Trinajstić information content (AvgIpc) is 2.90. The number of hydrogen-bond acceptors (Lipinski definition) is 5. The fourth-order valence-corrected chi connectivity index (χ4v) is 4.89. The van der Waals surface area contributed by atoms with Gasteiger partial charge < -0.3 is 24.8 Å². The van der Waals surface area contributed by atoms with Crippen LogP contribution in [0.2, 0.25) is 0 Å². The van der Waals surface area contributed by atoms with E-state index in [9.17, 15) is 9.50 Å². The van der Waals surface area contributed by atoms with Crippen LogP contribution >= 0.6 is 0 Å². The fourth-order valence-electron chi connectivity index (χ4n) is 4.89. The van der Waals surface area contributed by atoms with Crippen molar-refractivity contribution in [2.45, 2.75) is 57.4 Å². The maximum Gasteiger partial charge on any atom is 0.165 e. The number of aryl methyl sites for hydroxylation is 2. The predicted octanol–water partition coefficient (Wildman–Crippen LogP) is 6.58. The summed E-state index contributed by atoms with van der Waals surface area (Å²) in [6, 6.07) is 17.3. The van der Waals surface area contributed by atoms with Crippen LogP contribution in [0.5, 0.6) is 17.2 Å². The molecule has 1 aliphatic carbocycles. The first-order chi connectivity index (χ1) is 18.2. The number of likely N-dealkylation sites (N-methyl/N-ethyl adjacent to an activating group) is 1. The van der Waals surface area contributed by atoms with Gasteiger partial charge in [0.15, 0.2) is 11.6 Å². The SMILES string of the molecule is COc1ccc([C@@H]2CCc3cc(O)ccc3C2)c(NCCCc2ccc(OCC(C)(C)N(C)C)c(F)c2)c1. The number of fused-ring (bicyclic) bond motifs is 1. The summed E-state index contributed by atoms with van der Waals surface area (Å²) in [6.07, 6.45) is 4.59. The quantitative estimate of drug-likeness (QED) is 0.280. The molecular formula is C32H41FN2O3. The standard InChI is InChI=1S/C32H41FN2O3/c1-32(2,35(3)4)21-38-31-15-8-22(17-29(31)33)7-6-16-34-30-20-27(37-5)13-14-28(30)25-10-9-24-19-26(36)12-11-23(24)18-25/h8,11-15,17,19-20,25,34,36H,6-7,9-10,16,18,21H2,1-5H3/t25-/m1/s1. The fraction of sp³-hybridized carbons (Fsp3) is 0.438. The van der Waals surface area contributed by atoms with Gasteiger partial charge in [-0.3, -0.25) is 0 Å². The first kappa shape index (κ1) is 27.8. The van der Waals surface area contributed by atoms with E-state index in [0.29, 0.717) is 24.0 Å². The van der Waals surface area contributed by atoms with E-state index in [-0.39, 0.29) is 11.4 Å². The minimum Gasteiger partial charge on any atom is -0.508 e. The highest BCUT2D eigenvalue weighted by molar-refractivity contribution is 5.57. The molecule has 6 heteroatoms. The van der Waals surface area contributed by atoms with Crippen LogP contribution in [0, 0.1) is 5.82 Å².